The minimum atomic E-state index is 0.967. The zero-order valence-electron chi connectivity index (χ0n) is 13.7. The Morgan fingerprint density at radius 1 is 1.10 bits per heavy atom. The molecular weight excluding hydrogens is 258 g/mol. The summed E-state index contributed by atoms with van der Waals surface area (Å²) in [4.78, 5) is 2.47. The second kappa shape index (κ2) is 8.20. The van der Waals surface area contributed by atoms with Gasteiger partial charge in [0.15, 0.2) is 0 Å². The molecule has 0 unspecified atom stereocenters. The van der Waals surface area contributed by atoms with Crippen molar-refractivity contribution in [1.82, 2.24) is 14.8 Å². The van der Waals surface area contributed by atoms with Crippen LogP contribution in [-0.2, 0) is 13.1 Å². The summed E-state index contributed by atoms with van der Waals surface area (Å²) < 4.78 is 2.37. The number of fused-ring (bicyclic) bond motifs is 1. The standard InChI is InChI=1S/C18H29N3/c1-4-10-19-15-16-7-8-18-17(14-16)9-11-21(18)13-12-20(5-2)6-3/h7-9,11,14,19H,4-6,10,12-13,15H2,1-3H3. The van der Waals surface area contributed by atoms with Crippen LogP contribution in [0.3, 0.4) is 0 Å². The van der Waals surface area contributed by atoms with Gasteiger partial charge in [0, 0.05) is 31.3 Å². The van der Waals surface area contributed by atoms with Gasteiger partial charge in [0.1, 0.15) is 0 Å². The monoisotopic (exact) mass is 287 g/mol. The first kappa shape index (κ1) is 16.1. The zero-order valence-corrected chi connectivity index (χ0v) is 13.7. The summed E-state index contributed by atoms with van der Waals surface area (Å²) in [5.41, 5.74) is 2.72. The highest BCUT2D eigenvalue weighted by molar-refractivity contribution is 5.80. The SMILES string of the molecule is CCCNCc1ccc2c(ccn2CCN(CC)CC)c1. The fourth-order valence-electron chi connectivity index (χ4n) is 2.75. The van der Waals surface area contributed by atoms with Crippen LogP contribution in [0.5, 0.6) is 0 Å². The second-order valence-corrected chi connectivity index (χ2v) is 5.61. The summed E-state index contributed by atoms with van der Waals surface area (Å²) in [6.45, 7) is 13.2. The number of aromatic nitrogens is 1. The fourth-order valence-corrected chi connectivity index (χ4v) is 2.75. The zero-order chi connectivity index (χ0) is 15.1. The van der Waals surface area contributed by atoms with Gasteiger partial charge in [-0.05, 0) is 55.2 Å². The average Bonchev–Trinajstić information content (AvgIpc) is 2.91. The highest BCUT2D eigenvalue weighted by Crippen LogP contribution is 2.18. The Labute approximate surface area is 128 Å². The minimum Gasteiger partial charge on any atom is -0.346 e. The van der Waals surface area contributed by atoms with E-state index in [1.165, 1.54) is 22.9 Å². The first-order valence-electron chi connectivity index (χ1n) is 8.29. The van der Waals surface area contributed by atoms with Crippen LogP contribution in [0, 0.1) is 0 Å². The third-order valence-electron chi connectivity index (χ3n) is 4.14. The number of likely N-dealkylation sites (N-methyl/N-ethyl adjacent to an activating group) is 1. The first-order valence-corrected chi connectivity index (χ1v) is 8.29. The Hall–Kier alpha value is -1.32. The van der Waals surface area contributed by atoms with Gasteiger partial charge >= 0.3 is 0 Å². The molecule has 0 saturated heterocycles. The van der Waals surface area contributed by atoms with Crippen molar-refractivity contribution >= 4 is 10.9 Å². The van der Waals surface area contributed by atoms with E-state index in [4.69, 9.17) is 0 Å². The average molecular weight is 287 g/mol. The van der Waals surface area contributed by atoms with Gasteiger partial charge in [-0.15, -0.1) is 0 Å². The Balaban J connectivity index is 2.03. The summed E-state index contributed by atoms with van der Waals surface area (Å²) in [5.74, 6) is 0. The van der Waals surface area contributed by atoms with Gasteiger partial charge in [-0.2, -0.15) is 0 Å². The molecule has 1 aromatic carbocycles. The second-order valence-electron chi connectivity index (χ2n) is 5.61. The number of nitrogens with one attached hydrogen (secondary N) is 1. The van der Waals surface area contributed by atoms with Crippen LogP contribution in [0.4, 0.5) is 0 Å². The summed E-state index contributed by atoms with van der Waals surface area (Å²) in [6.07, 6.45) is 3.40. The highest BCUT2D eigenvalue weighted by atomic mass is 15.1. The van der Waals surface area contributed by atoms with Crippen molar-refractivity contribution in [2.24, 2.45) is 0 Å². The maximum Gasteiger partial charge on any atom is 0.0480 e. The lowest BCUT2D eigenvalue weighted by molar-refractivity contribution is 0.292. The van der Waals surface area contributed by atoms with Crippen LogP contribution >= 0.6 is 0 Å². The number of nitrogens with zero attached hydrogens (tertiary/aromatic N) is 2. The topological polar surface area (TPSA) is 20.2 Å². The molecule has 1 N–H and O–H groups in total. The molecular formula is C18H29N3. The lowest BCUT2D eigenvalue weighted by Gasteiger charge is -2.18. The molecule has 1 aromatic heterocycles. The number of benzene rings is 1. The first-order chi connectivity index (χ1) is 10.3. The number of hydrogen-bond donors (Lipinski definition) is 1. The maximum atomic E-state index is 3.46. The quantitative estimate of drug-likeness (QED) is 0.713. The van der Waals surface area contributed by atoms with E-state index in [0.717, 1.165) is 39.3 Å². The predicted molar refractivity (Wildman–Crippen MR) is 91.7 cm³/mol. The van der Waals surface area contributed by atoms with Crippen LogP contribution in [0.15, 0.2) is 30.5 Å². The third kappa shape index (κ3) is 4.32. The summed E-state index contributed by atoms with van der Waals surface area (Å²) >= 11 is 0. The van der Waals surface area contributed by atoms with Gasteiger partial charge in [-0.25, -0.2) is 0 Å². The van der Waals surface area contributed by atoms with E-state index in [1.807, 2.05) is 0 Å². The lowest BCUT2D eigenvalue weighted by atomic mass is 10.1. The maximum absolute atomic E-state index is 3.46. The highest BCUT2D eigenvalue weighted by Gasteiger charge is 2.04. The van der Waals surface area contributed by atoms with Gasteiger partial charge in [0.25, 0.3) is 0 Å². The smallest absolute Gasteiger partial charge is 0.0480 e. The molecule has 0 radical (unpaired) electrons. The molecule has 0 aliphatic carbocycles. The van der Waals surface area contributed by atoms with E-state index in [-0.39, 0.29) is 0 Å². The molecule has 1 heterocycles. The van der Waals surface area contributed by atoms with Gasteiger partial charge in [-0.3, -0.25) is 0 Å². The summed E-state index contributed by atoms with van der Waals surface area (Å²) in [6, 6.07) is 9.06. The Kier molecular flexibility index (Phi) is 6.27. The van der Waals surface area contributed by atoms with E-state index < -0.39 is 0 Å². The normalized spacial score (nSPS) is 11.6. The molecule has 21 heavy (non-hydrogen) atoms. The molecule has 3 heteroatoms. The molecule has 0 fully saturated rings. The largest absolute Gasteiger partial charge is 0.346 e. The van der Waals surface area contributed by atoms with Gasteiger partial charge in [-0.1, -0.05) is 26.8 Å². The van der Waals surface area contributed by atoms with Crippen LogP contribution in [0.1, 0.15) is 32.8 Å². The van der Waals surface area contributed by atoms with Gasteiger partial charge in [0.2, 0.25) is 0 Å². The molecule has 0 aliphatic rings. The molecule has 0 atom stereocenters. The van der Waals surface area contributed by atoms with Gasteiger partial charge < -0.3 is 14.8 Å². The van der Waals surface area contributed by atoms with E-state index in [2.05, 4.69) is 66.0 Å². The molecule has 0 bridgehead atoms. The minimum absolute atomic E-state index is 0.967. The summed E-state index contributed by atoms with van der Waals surface area (Å²) in [5, 5.41) is 4.82. The van der Waals surface area contributed by atoms with E-state index in [1.54, 1.807) is 0 Å². The molecule has 3 nitrogen and oxygen atoms in total. The van der Waals surface area contributed by atoms with Crippen LogP contribution in [0.25, 0.3) is 10.9 Å². The number of hydrogen-bond acceptors (Lipinski definition) is 2. The molecule has 116 valence electrons. The van der Waals surface area contributed by atoms with Gasteiger partial charge in [0.05, 0.1) is 0 Å². The fraction of sp³-hybridized carbons (Fsp3) is 0.556. The number of rotatable bonds is 9. The van der Waals surface area contributed by atoms with Crippen molar-refractivity contribution < 1.29 is 0 Å². The van der Waals surface area contributed by atoms with Crippen LogP contribution in [0.2, 0.25) is 0 Å². The van der Waals surface area contributed by atoms with Crippen molar-refractivity contribution in [3.8, 4) is 0 Å². The Morgan fingerprint density at radius 3 is 2.62 bits per heavy atom. The molecule has 0 spiro atoms. The molecule has 0 saturated carbocycles. The molecule has 0 amide bonds. The molecule has 2 rings (SSSR count). The van der Waals surface area contributed by atoms with Crippen molar-refractivity contribution in [2.45, 2.75) is 40.3 Å². The molecule has 2 aromatic rings. The van der Waals surface area contributed by atoms with Crippen molar-refractivity contribution in [3.63, 3.8) is 0 Å². The van der Waals surface area contributed by atoms with E-state index >= 15 is 0 Å². The van der Waals surface area contributed by atoms with E-state index in [0.29, 0.717) is 0 Å². The van der Waals surface area contributed by atoms with Crippen molar-refractivity contribution in [2.75, 3.05) is 26.2 Å². The Morgan fingerprint density at radius 2 is 1.90 bits per heavy atom. The lowest BCUT2D eigenvalue weighted by Crippen LogP contribution is -2.26. The summed E-state index contributed by atoms with van der Waals surface area (Å²) in [7, 11) is 0. The third-order valence-corrected chi connectivity index (χ3v) is 4.14. The van der Waals surface area contributed by atoms with Crippen LogP contribution in [-0.4, -0.2) is 35.6 Å². The Bertz CT molecular complexity index is 540. The predicted octanol–water partition coefficient (Wildman–Crippen LogP) is 3.48. The van der Waals surface area contributed by atoms with Crippen LogP contribution < -0.4 is 5.32 Å². The van der Waals surface area contributed by atoms with E-state index in [9.17, 15) is 0 Å². The van der Waals surface area contributed by atoms with Crippen molar-refractivity contribution in [3.05, 3.63) is 36.0 Å². The molecule has 0 aliphatic heterocycles. The van der Waals surface area contributed by atoms with Crippen molar-refractivity contribution in [1.29, 1.82) is 0 Å².